The van der Waals surface area contributed by atoms with Gasteiger partial charge in [0.15, 0.2) is 0 Å². The van der Waals surface area contributed by atoms with Gasteiger partial charge in [-0.1, -0.05) is 19.4 Å². The molecule has 0 bridgehead atoms. The fraction of sp³-hybridized carbons (Fsp3) is 0.654. The van der Waals surface area contributed by atoms with Crippen molar-refractivity contribution in [3.05, 3.63) is 30.1 Å². The van der Waals surface area contributed by atoms with Crippen molar-refractivity contribution in [1.29, 1.82) is 0 Å². The molecule has 2 atom stereocenters. The van der Waals surface area contributed by atoms with Gasteiger partial charge < -0.3 is 15.1 Å². The van der Waals surface area contributed by atoms with E-state index >= 15 is 0 Å². The molecule has 1 aromatic heterocycles. The van der Waals surface area contributed by atoms with Crippen LogP contribution >= 0.6 is 0 Å². The number of nitrogens with one attached hydrogen (secondary N) is 1. The van der Waals surface area contributed by atoms with E-state index in [4.69, 9.17) is 0 Å². The van der Waals surface area contributed by atoms with Crippen LogP contribution in [0.3, 0.4) is 0 Å². The molecule has 1 amide bonds. The first-order chi connectivity index (χ1) is 16.0. The Balaban J connectivity index is 1.35. The normalized spacial score (nSPS) is 26.6. The summed E-state index contributed by atoms with van der Waals surface area (Å²) in [4.78, 5) is 30.2. The molecule has 7 heteroatoms. The zero-order valence-electron chi connectivity index (χ0n) is 20.4. The number of carbonyl (C=O) groups excluding carboxylic acids is 1. The number of amides is 1. The van der Waals surface area contributed by atoms with E-state index in [9.17, 15) is 4.79 Å². The summed E-state index contributed by atoms with van der Waals surface area (Å²) in [5.74, 6) is 0.504. The highest BCUT2D eigenvalue weighted by Gasteiger charge is 2.44. The Bertz CT molecular complexity index is 995. The topological polar surface area (TPSA) is 64.6 Å². The van der Waals surface area contributed by atoms with Crippen LogP contribution in [0.1, 0.15) is 44.6 Å². The second-order valence-electron chi connectivity index (χ2n) is 10.5. The second-order valence-corrected chi connectivity index (χ2v) is 10.5. The molecule has 2 aromatic rings. The van der Waals surface area contributed by atoms with E-state index in [0.29, 0.717) is 5.92 Å². The average Bonchev–Trinajstić information content (AvgIpc) is 3.23. The zero-order chi connectivity index (χ0) is 23.0. The van der Waals surface area contributed by atoms with E-state index < -0.39 is 0 Å². The molecular formula is C26H38N6O. The lowest BCUT2D eigenvalue weighted by atomic mass is 9.90. The molecule has 0 aliphatic carbocycles. The van der Waals surface area contributed by atoms with Crippen molar-refractivity contribution in [1.82, 2.24) is 25.1 Å². The number of anilines is 1. The van der Waals surface area contributed by atoms with Gasteiger partial charge in [-0.05, 0) is 57.2 Å². The molecule has 178 valence electrons. The summed E-state index contributed by atoms with van der Waals surface area (Å²) in [7, 11) is 2.19. The average molecular weight is 451 g/mol. The number of benzene rings is 1. The summed E-state index contributed by atoms with van der Waals surface area (Å²) < 4.78 is 0. The largest absolute Gasteiger partial charge is 0.369 e. The molecule has 0 spiro atoms. The number of nitrogens with zero attached hydrogens (tertiary/aromatic N) is 5. The highest BCUT2D eigenvalue weighted by atomic mass is 16.2. The van der Waals surface area contributed by atoms with E-state index in [0.717, 1.165) is 74.4 Å². The van der Waals surface area contributed by atoms with Crippen LogP contribution in [0.25, 0.3) is 11.0 Å². The summed E-state index contributed by atoms with van der Waals surface area (Å²) in [5, 5.41) is 3.62. The molecule has 3 fully saturated rings. The van der Waals surface area contributed by atoms with Gasteiger partial charge in [-0.15, -0.1) is 0 Å². The fourth-order valence-electron chi connectivity index (χ4n) is 6.09. The monoisotopic (exact) mass is 450 g/mol. The van der Waals surface area contributed by atoms with E-state index in [1.165, 1.54) is 19.3 Å². The maximum Gasteiger partial charge on any atom is 0.226 e. The SMILES string of the molecule is Cc1ccc(N2C[C@H](C(=O)NC3(N4CCCCC4)CCN(C)CC3)[C@@H](C)C2)c2nccnc12. The molecular weight excluding hydrogens is 412 g/mol. The number of hydrogen-bond donors (Lipinski definition) is 1. The van der Waals surface area contributed by atoms with Crippen LogP contribution < -0.4 is 10.2 Å². The van der Waals surface area contributed by atoms with Crippen LogP contribution in [0, 0.1) is 18.8 Å². The first-order valence-corrected chi connectivity index (χ1v) is 12.7. The van der Waals surface area contributed by atoms with Gasteiger partial charge in [-0.3, -0.25) is 19.7 Å². The van der Waals surface area contributed by atoms with Crippen molar-refractivity contribution >= 4 is 22.6 Å². The van der Waals surface area contributed by atoms with Crippen molar-refractivity contribution in [2.24, 2.45) is 11.8 Å². The summed E-state index contributed by atoms with van der Waals surface area (Å²) in [5.41, 5.74) is 3.93. The van der Waals surface area contributed by atoms with Crippen LogP contribution in [0.2, 0.25) is 0 Å². The van der Waals surface area contributed by atoms with E-state index in [1.807, 2.05) is 0 Å². The van der Waals surface area contributed by atoms with Gasteiger partial charge in [-0.2, -0.15) is 0 Å². The number of carbonyl (C=O) groups is 1. The summed E-state index contributed by atoms with van der Waals surface area (Å²) in [6.07, 6.45) is 9.32. The lowest BCUT2D eigenvalue weighted by Gasteiger charge is -2.50. The molecule has 0 unspecified atom stereocenters. The Morgan fingerprint density at radius 1 is 1.00 bits per heavy atom. The van der Waals surface area contributed by atoms with Crippen molar-refractivity contribution < 1.29 is 4.79 Å². The van der Waals surface area contributed by atoms with Crippen LogP contribution in [-0.2, 0) is 4.79 Å². The molecule has 5 rings (SSSR count). The predicted octanol–water partition coefficient (Wildman–Crippen LogP) is 3.03. The quantitative estimate of drug-likeness (QED) is 0.773. The number of aromatic nitrogens is 2. The lowest BCUT2D eigenvalue weighted by molar-refractivity contribution is -0.132. The maximum atomic E-state index is 13.7. The third kappa shape index (κ3) is 4.33. The third-order valence-electron chi connectivity index (χ3n) is 8.23. The van der Waals surface area contributed by atoms with Crippen LogP contribution in [0.4, 0.5) is 5.69 Å². The number of aryl methyl sites for hydroxylation is 1. The first kappa shape index (κ1) is 22.5. The molecule has 0 saturated carbocycles. The predicted molar refractivity (Wildman–Crippen MR) is 132 cm³/mol. The van der Waals surface area contributed by atoms with Crippen molar-refractivity contribution in [3.8, 4) is 0 Å². The van der Waals surface area contributed by atoms with Crippen molar-refractivity contribution in [2.45, 2.75) is 51.6 Å². The Hall–Kier alpha value is -2.25. The highest BCUT2D eigenvalue weighted by molar-refractivity contribution is 5.91. The minimum Gasteiger partial charge on any atom is -0.369 e. The van der Waals surface area contributed by atoms with Gasteiger partial charge in [0.2, 0.25) is 5.91 Å². The minimum atomic E-state index is -0.181. The number of likely N-dealkylation sites (tertiary alicyclic amines) is 2. The Kier molecular flexibility index (Phi) is 6.27. The van der Waals surface area contributed by atoms with Crippen LogP contribution in [0.15, 0.2) is 24.5 Å². The zero-order valence-corrected chi connectivity index (χ0v) is 20.4. The van der Waals surface area contributed by atoms with E-state index in [2.05, 4.69) is 63.0 Å². The first-order valence-electron chi connectivity index (χ1n) is 12.7. The highest BCUT2D eigenvalue weighted by Crippen LogP contribution is 2.35. The molecule has 3 aliphatic rings. The number of fused-ring (bicyclic) bond motifs is 1. The summed E-state index contributed by atoms with van der Waals surface area (Å²) in [6, 6.07) is 4.26. The van der Waals surface area contributed by atoms with Crippen molar-refractivity contribution in [3.63, 3.8) is 0 Å². The van der Waals surface area contributed by atoms with Gasteiger partial charge in [0.25, 0.3) is 0 Å². The Morgan fingerprint density at radius 3 is 2.42 bits per heavy atom. The number of piperidine rings is 2. The molecule has 4 heterocycles. The minimum absolute atomic E-state index is 0.0145. The lowest BCUT2D eigenvalue weighted by Crippen LogP contribution is -2.66. The summed E-state index contributed by atoms with van der Waals surface area (Å²) >= 11 is 0. The van der Waals surface area contributed by atoms with Crippen molar-refractivity contribution in [2.75, 3.05) is 51.2 Å². The number of hydrogen-bond acceptors (Lipinski definition) is 6. The summed E-state index contributed by atoms with van der Waals surface area (Å²) in [6.45, 7) is 10.2. The molecule has 33 heavy (non-hydrogen) atoms. The van der Waals surface area contributed by atoms with Gasteiger partial charge >= 0.3 is 0 Å². The Morgan fingerprint density at radius 2 is 1.70 bits per heavy atom. The molecule has 1 N–H and O–H groups in total. The smallest absolute Gasteiger partial charge is 0.226 e. The molecule has 7 nitrogen and oxygen atoms in total. The van der Waals surface area contributed by atoms with E-state index in [-0.39, 0.29) is 17.5 Å². The second kappa shape index (κ2) is 9.18. The number of rotatable bonds is 4. The van der Waals surface area contributed by atoms with Crippen LogP contribution in [0.5, 0.6) is 0 Å². The van der Waals surface area contributed by atoms with Gasteiger partial charge in [0, 0.05) is 51.7 Å². The van der Waals surface area contributed by atoms with Gasteiger partial charge in [0.1, 0.15) is 5.52 Å². The fourth-order valence-corrected chi connectivity index (χ4v) is 6.09. The third-order valence-corrected chi connectivity index (χ3v) is 8.23. The molecule has 3 saturated heterocycles. The Labute approximate surface area is 197 Å². The van der Waals surface area contributed by atoms with E-state index in [1.54, 1.807) is 12.4 Å². The van der Waals surface area contributed by atoms with Gasteiger partial charge in [-0.25, -0.2) is 0 Å². The van der Waals surface area contributed by atoms with Crippen LogP contribution in [-0.4, -0.2) is 77.7 Å². The molecule has 1 aromatic carbocycles. The van der Waals surface area contributed by atoms with Gasteiger partial charge in [0.05, 0.1) is 22.8 Å². The molecule has 3 aliphatic heterocycles. The maximum absolute atomic E-state index is 13.7. The molecule has 0 radical (unpaired) electrons. The standard InChI is InChI=1S/C26H38N6O/c1-19-7-8-22(24-23(19)27-11-12-28-24)31-17-20(2)21(18-31)25(33)29-26(9-15-30(3)16-10-26)32-13-5-4-6-14-32/h7-8,11-12,20-21H,4-6,9-10,13-18H2,1-3H3,(H,29,33)/t20-,21-/m0/s1.